The molecule has 0 aliphatic heterocycles. The number of aryl methyl sites for hydroxylation is 2. The summed E-state index contributed by atoms with van der Waals surface area (Å²) in [5, 5.41) is -0.178. The molecule has 25 heavy (non-hydrogen) atoms. The van der Waals surface area contributed by atoms with Crippen LogP contribution in [0.25, 0.3) is 0 Å². The first kappa shape index (κ1) is 19.8. The molecule has 0 N–H and O–H groups in total. The first-order valence-electron chi connectivity index (χ1n) is 8.71. The topological polar surface area (TPSA) is 34.1 Å². The van der Waals surface area contributed by atoms with Crippen LogP contribution in [0.3, 0.4) is 0 Å². The maximum atomic E-state index is 12.3. The second kappa shape index (κ2) is 10.5. The van der Waals surface area contributed by atoms with Crippen molar-refractivity contribution in [3.63, 3.8) is 0 Å². The third kappa shape index (κ3) is 6.37. The Bertz CT molecular complexity index is 664. The van der Waals surface area contributed by atoms with Crippen molar-refractivity contribution in [2.45, 2.75) is 55.7 Å². The summed E-state index contributed by atoms with van der Waals surface area (Å²) >= 11 is 2.38. The van der Waals surface area contributed by atoms with Gasteiger partial charge in [-0.05, 0) is 36.1 Å². The Morgan fingerprint density at radius 2 is 1.12 bits per heavy atom. The number of carbonyl (C=O) groups is 2. The predicted molar refractivity (Wildman–Crippen MR) is 107 cm³/mol. The molecule has 2 aromatic rings. The van der Waals surface area contributed by atoms with Gasteiger partial charge in [0.25, 0.3) is 0 Å². The number of hydrogen-bond donors (Lipinski definition) is 0. The molecular weight excluding hydrogens is 348 g/mol. The summed E-state index contributed by atoms with van der Waals surface area (Å²) in [4.78, 5) is 26.6. The Labute approximate surface area is 158 Å². The van der Waals surface area contributed by atoms with E-state index in [-0.39, 0.29) is 16.7 Å². The van der Waals surface area contributed by atoms with Gasteiger partial charge in [-0.3, -0.25) is 9.59 Å². The van der Waals surface area contributed by atoms with E-state index in [1.165, 1.54) is 34.7 Å². The van der Waals surface area contributed by atoms with Crippen molar-refractivity contribution >= 4 is 33.8 Å². The van der Waals surface area contributed by atoms with Crippen LogP contribution >= 0.6 is 23.5 Å². The van der Waals surface area contributed by atoms with Gasteiger partial charge in [-0.2, -0.15) is 0 Å². The summed E-state index contributed by atoms with van der Waals surface area (Å²) in [6.45, 7) is 4.24. The Morgan fingerprint density at radius 3 is 1.52 bits per heavy atom. The Balaban J connectivity index is 1.96. The highest BCUT2D eigenvalue weighted by Gasteiger charge is 2.15. The fraction of sp³-hybridized carbons (Fsp3) is 0.333. The molecule has 0 aromatic heterocycles. The van der Waals surface area contributed by atoms with E-state index in [4.69, 9.17) is 0 Å². The summed E-state index contributed by atoms with van der Waals surface area (Å²) in [7, 11) is 0. The highest BCUT2D eigenvalue weighted by atomic mass is 32.2. The highest BCUT2D eigenvalue weighted by molar-refractivity contribution is 8.15. The highest BCUT2D eigenvalue weighted by Crippen LogP contribution is 2.29. The van der Waals surface area contributed by atoms with E-state index in [1.807, 2.05) is 36.4 Å². The lowest BCUT2D eigenvalue weighted by molar-refractivity contribution is -0.117. The van der Waals surface area contributed by atoms with Gasteiger partial charge in [0.05, 0.1) is 6.42 Å². The van der Waals surface area contributed by atoms with Crippen molar-refractivity contribution in [2.24, 2.45) is 0 Å². The molecule has 0 fully saturated rings. The Morgan fingerprint density at radius 1 is 0.720 bits per heavy atom. The molecule has 0 saturated carbocycles. The summed E-state index contributed by atoms with van der Waals surface area (Å²) in [6.07, 6.45) is 3.92. The van der Waals surface area contributed by atoms with Crippen LogP contribution in [-0.2, 0) is 22.4 Å². The fourth-order valence-corrected chi connectivity index (χ4v) is 4.48. The van der Waals surface area contributed by atoms with E-state index < -0.39 is 0 Å². The van der Waals surface area contributed by atoms with Gasteiger partial charge in [0.15, 0.2) is 0 Å². The van der Waals surface area contributed by atoms with E-state index in [1.54, 1.807) is 0 Å². The van der Waals surface area contributed by atoms with Crippen LogP contribution in [0.15, 0.2) is 58.3 Å². The van der Waals surface area contributed by atoms with E-state index >= 15 is 0 Å². The summed E-state index contributed by atoms with van der Waals surface area (Å²) < 4.78 is 0. The molecule has 2 rings (SSSR count). The van der Waals surface area contributed by atoms with Crippen LogP contribution in [0, 0.1) is 0 Å². The molecule has 0 unspecified atom stereocenters. The van der Waals surface area contributed by atoms with E-state index in [0.717, 1.165) is 35.5 Å². The minimum atomic E-state index is -0.0889. The number of rotatable bonds is 8. The van der Waals surface area contributed by atoms with E-state index in [0.29, 0.717) is 0 Å². The van der Waals surface area contributed by atoms with Gasteiger partial charge in [0.1, 0.15) is 0 Å². The number of thioether (sulfide) groups is 2. The molecule has 0 aliphatic rings. The van der Waals surface area contributed by atoms with Gasteiger partial charge >= 0.3 is 0 Å². The normalized spacial score (nSPS) is 10.6. The SMILES string of the molecule is CCCc1ccccc1SC(=O)CC(=O)Sc1ccccc1CCC. The Kier molecular flexibility index (Phi) is 8.29. The molecule has 2 aromatic carbocycles. The lowest BCUT2D eigenvalue weighted by Gasteiger charge is -2.08. The van der Waals surface area contributed by atoms with Crippen LogP contribution in [0.4, 0.5) is 0 Å². The summed E-state index contributed by atoms with van der Waals surface area (Å²) in [5.41, 5.74) is 2.36. The minimum Gasteiger partial charge on any atom is -0.286 e. The zero-order chi connectivity index (χ0) is 18.1. The van der Waals surface area contributed by atoms with Crippen LogP contribution in [0.2, 0.25) is 0 Å². The lowest BCUT2D eigenvalue weighted by atomic mass is 10.1. The van der Waals surface area contributed by atoms with Crippen molar-refractivity contribution in [2.75, 3.05) is 0 Å². The second-order valence-corrected chi connectivity index (χ2v) is 8.04. The monoisotopic (exact) mass is 372 g/mol. The average molecular weight is 373 g/mol. The van der Waals surface area contributed by atoms with Crippen molar-refractivity contribution in [3.05, 3.63) is 59.7 Å². The first-order valence-corrected chi connectivity index (χ1v) is 10.3. The standard InChI is InChI=1S/C21H24O2S2/c1-3-9-16-11-5-7-13-18(16)24-20(22)15-21(23)25-19-14-8-6-12-17(19)10-4-2/h5-8,11-14H,3-4,9-10,15H2,1-2H3. The fourth-order valence-electron chi connectivity index (χ4n) is 2.59. The molecule has 0 saturated heterocycles. The molecule has 0 spiro atoms. The third-order valence-corrected chi connectivity index (χ3v) is 5.70. The zero-order valence-corrected chi connectivity index (χ0v) is 16.4. The van der Waals surface area contributed by atoms with Crippen molar-refractivity contribution in [1.29, 1.82) is 0 Å². The molecule has 0 heterocycles. The largest absolute Gasteiger partial charge is 0.286 e. The average Bonchev–Trinajstić information content (AvgIpc) is 2.58. The van der Waals surface area contributed by atoms with Crippen molar-refractivity contribution < 1.29 is 9.59 Å². The second-order valence-electron chi connectivity index (χ2n) is 5.84. The van der Waals surface area contributed by atoms with Crippen LogP contribution in [-0.4, -0.2) is 10.2 Å². The predicted octanol–water partition coefficient (Wildman–Crippen LogP) is 5.92. The molecule has 2 nitrogen and oxygen atoms in total. The Hall–Kier alpha value is -1.52. The lowest BCUT2D eigenvalue weighted by Crippen LogP contribution is -2.02. The summed E-state index contributed by atoms with van der Waals surface area (Å²) in [6, 6.07) is 15.9. The first-order chi connectivity index (χ1) is 12.1. The maximum Gasteiger partial charge on any atom is 0.202 e. The van der Waals surface area contributed by atoms with Gasteiger partial charge in [-0.1, -0.05) is 86.6 Å². The van der Waals surface area contributed by atoms with Crippen LogP contribution in [0.1, 0.15) is 44.2 Å². The van der Waals surface area contributed by atoms with E-state index in [9.17, 15) is 9.59 Å². The molecule has 0 atom stereocenters. The maximum absolute atomic E-state index is 12.3. The minimum absolute atomic E-state index is 0.0454. The molecular formula is C21H24O2S2. The quantitative estimate of drug-likeness (QED) is 0.425. The van der Waals surface area contributed by atoms with Gasteiger partial charge < -0.3 is 0 Å². The molecule has 0 bridgehead atoms. The number of hydrogen-bond acceptors (Lipinski definition) is 4. The van der Waals surface area contributed by atoms with Gasteiger partial charge in [0.2, 0.25) is 10.2 Å². The van der Waals surface area contributed by atoms with Gasteiger partial charge in [-0.15, -0.1) is 0 Å². The number of carbonyl (C=O) groups excluding carboxylic acids is 2. The van der Waals surface area contributed by atoms with Gasteiger partial charge in [0, 0.05) is 9.79 Å². The molecule has 0 aliphatic carbocycles. The van der Waals surface area contributed by atoms with Crippen LogP contribution < -0.4 is 0 Å². The smallest absolute Gasteiger partial charge is 0.202 e. The van der Waals surface area contributed by atoms with Gasteiger partial charge in [-0.25, -0.2) is 0 Å². The van der Waals surface area contributed by atoms with Crippen molar-refractivity contribution in [3.8, 4) is 0 Å². The third-order valence-electron chi connectivity index (χ3n) is 3.72. The molecule has 4 heteroatoms. The molecule has 0 radical (unpaired) electrons. The number of benzene rings is 2. The summed E-state index contributed by atoms with van der Waals surface area (Å²) in [5.74, 6) is 0. The van der Waals surface area contributed by atoms with E-state index in [2.05, 4.69) is 26.0 Å². The van der Waals surface area contributed by atoms with Crippen LogP contribution in [0.5, 0.6) is 0 Å². The van der Waals surface area contributed by atoms with Crippen molar-refractivity contribution in [1.82, 2.24) is 0 Å². The zero-order valence-electron chi connectivity index (χ0n) is 14.8. The molecule has 0 amide bonds. The molecule has 132 valence electrons.